The van der Waals surface area contributed by atoms with E-state index in [-0.39, 0.29) is 25.0 Å². The Bertz CT molecular complexity index is 1190. The molecule has 0 aliphatic carbocycles. The zero-order valence-corrected chi connectivity index (χ0v) is 23.5. The number of carbonyl (C=O) groups is 2. The molecule has 0 bridgehead atoms. The minimum absolute atomic E-state index is 0.143. The Balaban J connectivity index is 1.92. The number of ether oxygens (including phenoxy) is 1. The molecule has 0 radical (unpaired) electrons. The molecule has 0 spiro atoms. The number of hydrogen-bond donors (Lipinski definition) is 1. The lowest BCUT2D eigenvalue weighted by atomic mass is 10.0. The second-order valence-electron chi connectivity index (χ2n) is 8.13. The number of carbonyl (C=O) groups excluding carboxylic acids is 2. The van der Waals surface area contributed by atoms with Crippen molar-refractivity contribution in [3.05, 3.63) is 97.4 Å². The summed E-state index contributed by atoms with van der Waals surface area (Å²) in [6.07, 6.45) is 1.11. The first-order valence-electron chi connectivity index (χ1n) is 11.4. The Morgan fingerprint density at radius 1 is 0.944 bits per heavy atom. The summed E-state index contributed by atoms with van der Waals surface area (Å²) in [5, 5.41) is 4.09. The summed E-state index contributed by atoms with van der Waals surface area (Å²) in [5.41, 5.74) is 1.67. The van der Waals surface area contributed by atoms with E-state index in [0.29, 0.717) is 33.8 Å². The fourth-order valence-electron chi connectivity index (χ4n) is 3.57. The summed E-state index contributed by atoms with van der Waals surface area (Å²) < 4.78 is 6.55. The van der Waals surface area contributed by atoms with Crippen LogP contribution in [0.25, 0.3) is 0 Å². The molecule has 0 aliphatic rings. The molecule has 3 aromatic rings. The van der Waals surface area contributed by atoms with E-state index < -0.39 is 6.04 Å². The molecule has 36 heavy (non-hydrogen) atoms. The molecular weight excluding hydrogens is 587 g/mol. The van der Waals surface area contributed by atoms with Crippen LogP contribution in [0, 0.1) is 0 Å². The van der Waals surface area contributed by atoms with Crippen LogP contribution in [-0.4, -0.2) is 35.9 Å². The fraction of sp³-hybridized carbons (Fsp3) is 0.259. The van der Waals surface area contributed by atoms with Crippen LogP contribution in [-0.2, 0) is 22.6 Å². The number of halogens is 4. The molecule has 1 atom stereocenters. The number of rotatable bonds is 11. The van der Waals surface area contributed by atoms with Gasteiger partial charge in [0.05, 0.1) is 15.1 Å². The third-order valence-electron chi connectivity index (χ3n) is 5.40. The maximum absolute atomic E-state index is 13.6. The van der Waals surface area contributed by atoms with Crippen molar-refractivity contribution < 1.29 is 14.3 Å². The molecule has 0 unspecified atom stereocenters. The van der Waals surface area contributed by atoms with E-state index in [9.17, 15) is 9.59 Å². The van der Waals surface area contributed by atoms with Gasteiger partial charge in [0, 0.05) is 24.0 Å². The van der Waals surface area contributed by atoms with Gasteiger partial charge in [-0.25, -0.2) is 0 Å². The zero-order chi connectivity index (χ0) is 26.1. The molecule has 0 saturated carbocycles. The molecule has 0 saturated heterocycles. The van der Waals surface area contributed by atoms with Crippen LogP contribution in [0.2, 0.25) is 15.1 Å². The predicted octanol–water partition coefficient (Wildman–Crippen LogP) is 6.95. The van der Waals surface area contributed by atoms with Crippen molar-refractivity contribution in [1.82, 2.24) is 10.2 Å². The quantitative estimate of drug-likeness (QED) is 0.255. The van der Waals surface area contributed by atoms with E-state index in [4.69, 9.17) is 39.5 Å². The summed E-state index contributed by atoms with van der Waals surface area (Å²) in [7, 11) is 0. The summed E-state index contributed by atoms with van der Waals surface area (Å²) in [4.78, 5) is 28.4. The van der Waals surface area contributed by atoms with Gasteiger partial charge in [-0.2, -0.15) is 0 Å². The van der Waals surface area contributed by atoms with Crippen molar-refractivity contribution >= 4 is 62.5 Å². The normalized spacial score (nSPS) is 11.6. The summed E-state index contributed by atoms with van der Waals surface area (Å²) in [5.74, 6) is -0.235. The van der Waals surface area contributed by atoms with Gasteiger partial charge in [-0.1, -0.05) is 94.1 Å². The highest BCUT2D eigenvalue weighted by molar-refractivity contribution is 9.10. The van der Waals surface area contributed by atoms with E-state index >= 15 is 0 Å². The van der Waals surface area contributed by atoms with E-state index in [0.717, 1.165) is 22.0 Å². The molecule has 190 valence electrons. The maximum atomic E-state index is 13.6. The number of nitrogens with one attached hydrogen (secondary N) is 1. The third-order valence-corrected chi connectivity index (χ3v) is 6.93. The van der Waals surface area contributed by atoms with Gasteiger partial charge in [0.25, 0.3) is 5.91 Å². The van der Waals surface area contributed by atoms with Crippen LogP contribution < -0.4 is 10.1 Å². The number of benzene rings is 3. The SMILES string of the molecule is CCCNC(=O)[C@@H](Cc1ccccc1)N(Cc1ccc(Cl)c(Cl)c1)C(=O)COc1ccc(Br)cc1Cl. The molecule has 1 N–H and O–H groups in total. The van der Waals surface area contributed by atoms with Gasteiger partial charge >= 0.3 is 0 Å². The molecule has 9 heteroatoms. The van der Waals surface area contributed by atoms with Crippen LogP contribution in [0.4, 0.5) is 0 Å². The van der Waals surface area contributed by atoms with Crippen molar-refractivity contribution in [1.29, 1.82) is 0 Å². The second-order valence-corrected chi connectivity index (χ2v) is 10.3. The third kappa shape index (κ3) is 8.13. The van der Waals surface area contributed by atoms with Crippen LogP contribution in [0.3, 0.4) is 0 Å². The van der Waals surface area contributed by atoms with E-state index in [2.05, 4.69) is 21.2 Å². The van der Waals surface area contributed by atoms with E-state index in [1.807, 2.05) is 37.3 Å². The molecule has 0 aliphatic heterocycles. The molecule has 0 heterocycles. The van der Waals surface area contributed by atoms with Gasteiger partial charge in [0.1, 0.15) is 11.8 Å². The predicted molar refractivity (Wildman–Crippen MR) is 149 cm³/mol. The van der Waals surface area contributed by atoms with Crippen molar-refractivity contribution in [2.75, 3.05) is 13.2 Å². The van der Waals surface area contributed by atoms with Crippen molar-refractivity contribution in [3.8, 4) is 5.75 Å². The molecule has 3 rings (SSSR count). The number of nitrogens with zero attached hydrogens (tertiary/aromatic N) is 1. The Morgan fingerprint density at radius 3 is 2.36 bits per heavy atom. The zero-order valence-electron chi connectivity index (χ0n) is 19.6. The molecule has 0 fully saturated rings. The second kappa shape index (κ2) is 13.9. The van der Waals surface area contributed by atoms with Crippen LogP contribution in [0.5, 0.6) is 5.75 Å². The lowest BCUT2D eigenvalue weighted by Gasteiger charge is -2.31. The Kier molecular flexibility index (Phi) is 10.9. The lowest BCUT2D eigenvalue weighted by Crippen LogP contribution is -2.51. The summed E-state index contributed by atoms with van der Waals surface area (Å²) in [6, 6.07) is 19.1. The van der Waals surface area contributed by atoms with Crippen molar-refractivity contribution in [2.24, 2.45) is 0 Å². The molecular formula is C27H26BrCl3N2O3. The van der Waals surface area contributed by atoms with Crippen molar-refractivity contribution in [3.63, 3.8) is 0 Å². The van der Waals surface area contributed by atoms with Gasteiger partial charge in [0.2, 0.25) is 5.91 Å². The van der Waals surface area contributed by atoms with Crippen LogP contribution >= 0.6 is 50.7 Å². The average Bonchev–Trinajstić information content (AvgIpc) is 2.86. The Morgan fingerprint density at radius 2 is 1.69 bits per heavy atom. The van der Waals surface area contributed by atoms with Crippen LogP contribution in [0.1, 0.15) is 24.5 Å². The standard InChI is InChI=1S/C27H26BrCl3N2O3/c1-2-12-32-27(35)24(14-18-6-4-3-5-7-18)33(16-19-8-10-21(29)22(30)13-19)26(34)17-36-25-11-9-20(28)15-23(25)31/h3-11,13,15,24H,2,12,14,16-17H2,1H3,(H,32,35)/t24-/m1/s1. The maximum Gasteiger partial charge on any atom is 0.261 e. The first kappa shape index (κ1) is 28.3. The highest BCUT2D eigenvalue weighted by Crippen LogP contribution is 2.28. The van der Waals surface area contributed by atoms with Gasteiger partial charge in [-0.05, 0) is 47.9 Å². The Hall–Kier alpha value is -2.25. The molecule has 0 aromatic heterocycles. The van der Waals surface area contributed by atoms with Crippen LogP contribution in [0.15, 0.2) is 71.2 Å². The van der Waals surface area contributed by atoms with Gasteiger partial charge in [0.15, 0.2) is 6.61 Å². The Labute approximate surface area is 234 Å². The molecule has 2 amide bonds. The first-order valence-corrected chi connectivity index (χ1v) is 13.3. The van der Waals surface area contributed by atoms with Gasteiger partial charge in [-0.15, -0.1) is 0 Å². The number of amides is 2. The van der Waals surface area contributed by atoms with E-state index in [1.54, 1.807) is 36.4 Å². The van der Waals surface area contributed by atoms with Crippen molar-refractivity contribution in [2.45, 2.75) is 32.4 Å². The first-order chi connectivity index (χ1) is 17.3. The highest BCUT2D eigenvalue weighted by Gasteiger charge is 2.30. The van der Waals surface area contributed by atoms with Gasteiger partial charge in [-0.3, -0.25) is 9.59 Å². The minimum Gasteiger partial charge on any atom is -0.482 e. The average molecular weight is 613 g/mol. The minimum atomic E-state index is -0.773. The van der Waals surface area contributed by atoms with E-state index in [1.165, 1.54) is 4.90 Å². The number of hydrogen-bond acceptors (Lipinski definition) is 3. The highest BCUT2D eigenvalue weighted by atomic mass is 79.9. The lowest BCUT2D eigenvalue weighted by molar-refractivity contribution is -0.142. The molecule has 3 aromatic carbocycles. The largest absolute Gasteiger partial charge is 0.482 e. The topological polar surface area (TPSA) is 58.6 Å². The fourth-order valence-corrected chi connectivity index (χ4v) is 4.62. The molecule has 5 nitrogen and oxygen atoms in total. The smallest absolute Gasteiger partial charge is 0.261 e. The van der Waals surface area contributed by atoms with Gasteiger partial charge < -0.3 is 15.0 Å². The summed E-state index contributed by atoms with van der Waals surface area (Å²) >= 11 is 21.9. The summed E-state index contributed by atoms with van der Waals surface area (Å²) in [6.45, 7) is 2.32. The monoisotopic (exact) mass is 610 g/mol.